The molecule has 5 heterocycles. The maximum atomic E-state index is 14.5. The van der Waals surface area contributed by atoms with Gasteiger partial charge in [-0.15, -0.1) is 0 Å². The zero-order valence-electron chi connectivity index (χ0n) is 19.4. The summed E-state index contributed by atoms with van der Waals surface area (Å²) in [7, 11) is -3.43. The van der Waals surface area contributed by atoms with E-state index < -0.39 is 15.8 Å². The summed E-state index contributed by atoms with van der Waals surface area (Å²) < 4.78 is 39.8. The van der Waals surface area contributed by atoms with Gasteiger partial charge in [-0.2, -0.15) is 5.10 Å². The molecule has 0 amide bonds. The van der Waals surface area contributed by atoms with Crippen molar-refractivity contribution in [1.82, 2.24) is 39.8 Å². The number of aromatic amines is 2. The van der Waals surface area contributed by atoms with E-state index in [0.717, 1.165) is 22.8 Å². The third-order valence-electron chi connectivity index (χ3n) is 5.82. The minimum atomic E-state index is -3.43. The molecule has 0 saturated carbocycles. The van der Waals surface area contributed by atoms with Gasteiger partial charge in [-0.3, -0.25) is 15.1 Å². The summed E-state index contributed by atoms with van der Waals surface area (Å²) in [6, 6.07) is 11.9. The van der Waals surface area contributed by atoms with E-state index in [9.17, 15) is 12.8 Å². The van der Waals surface area contributed by atoms with Crippen LogP contribution in [0.2, 0.25) is 0 Å². The van der Waals surface area contributed by atoms with Gasteiger partial charge in [-0.1, -0.05) is 0 Å². The van der Waals surface area contributed by atoms with Gasteiger partial charge in [0.15, 0.2) is 11.5 Å². The average molecular weight is 515 g/mol. The highest BCUT2D eigenvalue weighted by Crippen LogP contribution is 2.32. The topological polar surface area (TPSA) is 142 Å². The van der Waals surface area contributed by atoms with E-state index in [2.05, 4.69) is 34.9 Å². The zero-order valence-corrected chi connectivity index (χ0v) is 20.2. The lowest BCUT2D eigenvalue weighted by atomic mass is 10.1. The van der Waals surface area contributed by atoms with Crippen LogP contribution >= 0.6 is 0 Å². The van der Waals surface area contributed by atoms with Crippen LogP contribution < -0.4 is 4.72 Å². The van der Waals surface area contributed by atoms with Crippen molar-refractivity contribution in [2.24, 2.45) is 0 Å². The lowest BCUT2D eigenvalue weighted by Gasteiger charge is -2.07. The zero-order chi connectivity index (χ0) is 25.6. The first kappa shape index (κ1) is 22.9. The number of halogens is 1. The molecule has 10 nitrogen and oxygen atoms in total. The maximum Gasteiger partial charge on any atom is 0.209 e. The van der Waals surface area contributed by atoms with Crippen LogP contribution in [-0.4, -0.2) is 49.8 Å². The molecule has 0 saturated heterocycles. The number of hydrogen-bond acceptors (Lipinski definition) is 7. The number of H-pyrrole nitrogens is 2. The van der Waals surface area contributed by atoms with Crippen LogP contribution in [0.3, 0.4) is 0 Å². The fourth-order valence-corrected chi connectivity index (χ4v) is 4.58. The quantitative estimate of drug-likeness (QED) is 0.307. The predicted octanol–water partition coefficient (Wildman–Crippen LogP) is 3.81. The number of sulfonamides is 1. The van der Waals surface area contributed by atoms with E-state index in [1.54, 1.807) is 36.9 Å². The van der Waals surface area contributed by atoms with Gasteiger partial charge in [0.25, 0.3) is 0 Å². The average Bonchev–Trinajstić information content (AvgIpc) is 3.51. The summed E-state index contributed by atoms with van der Waals surface area (Å²) >= 11 is 0. The molecule has 0 atom stereocenters. The fraction of sp³-hybridized carbons (Fsp3) is 0.0800. The fourth-order valence-electron chi connectivity index (χ4n) is 4.15. The van der Waals surface area contributed by atoms with Crippen LogP contribution in [0, 0.1) is 5.82 Å². The Morgan fingerprint density at radius 3 is 2.59 bits per heavy atom. The molecule has 1 aromatic carbocycles. The van der Waals surface area contributed by atoms with Gasteiger partial charge in [0, 0.05) is 42.5 Å². The second-order valence-corrected chi connectivity index (χ2v) is 10.3. The lowest BCUT2D eigenvalue weighted by molar-refractivity contribution is 0.586. The number of nitrogens with one attached hydrogen (secondary N) is 3. The van der Waals surface area contributed by atoms with E-state index in [1.807, 2.05) is 18.2 Å². The maximum absolute atomic E-state index is 14.5. The summed E-state index contributed by atoms with van der Waals surface area (Å²) in [5.74, 6) is -0.00933. The van der Waals surface area contributed by atoms with Crippen LogP contribution in [0.1, 0.15) is 5.56 Å². The number of hydrogen-bond donors (Lipinski definition) is 3. The summed E-state index contributed by atoms with van der Waals surface area (Å²) in [5.41, 5.74) is 5.68. The molecule has 0 aliphatic heterocycles. The highest BCUT2D eigenvalue weighted by molar-refractivity contribution is 7.88. The Bertz CT molecular complexity index is 1880. The number of rotatable bonds is 6. The molecule has 0 bridgehead atoms. The van der Waals surface area contributed by atoms with Crippen LogP contribution in [0.15, 0.2) is 67.3 Å². The molecule has 184 valence electrons. The number of nitrogens with zero attached hydrogens (tertiary/aromatic N) is 5. The summed E-state index contributed by atoms with van der Waals surface area (Å²) in [6.45, 7) is -0.0442. The summed E-state index contributed by atoms with van der Waals surface area (Å²) in [4.78, 5) is 21.0. The van der Waals surface area contributed by atoms with Crippen LogP contribution in [0.25, 0.3) is 56.0 Å². The molecule has 6 aromatic rings. The van der Waals surface area contributed by atoms with Crippen molar-refractivity contribution in [3.05, 3.63) is 78.6 Å². The molecule has 0 radical (unpaired) electrons. The Balaban J connectivity index is 1.44. The molecular formula is C25H19FN8O2S. The number of benzene rings is 1. The molecule has 5 aromatic heterocycles. The van der Waals surface area contributed by atoms with Crippen LogP contribution in [-0.2, 0) is 16.6 Å². The van der Waals surface area contributed by atoms with Gasteiger partial charge in [0.05, 0.1) is 22.9 Å². The predicted molar refractivity (Wildman–Crippen MR) is 137 cm³/mol. The van der Waals surface area contributed by atoms with Crippen LogP contribution in [0.4, 0.5) is 4.39 Å². The van der Waals surface area contributed by atoms with Gasteiger partial charge in [-0.25, -0.2) is 27.5 Å². The normalized spacial score (nSPS) is 11.9. The molecule has 0 unspecified atom stereocenters. The van der Waals surface area contributed by atoms with E-state index in [1.165, 1.54) is 12.1 Å². The first-order valence-corrected chi connectivity index (χ1v) is 13.1. The monoisotopic (exact) mass is 514 g/mol. The Morgan fingerprint density at radius 1 is 0.946 bits per heavy atom. The van der Waals surface area contributed by atoms with Crippen molar-refractivity contribution in [2.45, 2.75) is 6.54 Å². The third kappa shape index (κ3) is 4.55. The molecule has 3 N–H and O–H groups in total. The first-order valence-electron chi connectivity index (χ1n) is 11.2. The number of fused-ring (bicyclic) bond motifs is 2. The van der Waals surface area contributed by atoms with Gasteiger partial charge in [0.1, 0.15) is 17.0 Å². The third-order valence-corrected chi connectivity index (χ3v) is 6.49. The van der Waals surface area contributed by atoms with Gasteiger partial charge in [-0.05, 0) is 53.6 Å². The highest BCUT2D eigenvalue weighted by Gasteiger charge is 2.18. The largest absolute Gasteiger partial charge is 0.336 e. The molecule has 37 heavy (non-hydrogen) atoms. The van der Waals surface area contributed by atoms with Gasteiger partial charge in [0.2, 0.25) is 10.0 Å². The van der Waals surface area contributed by atoms with Crippen molar-refractivity contribution < 1.29 is 12.8 Å². The Hall–Kier alpha value is -4.55. The van der Waals surface area contributed by atoms with Crippen LogP contribution in [0.5, 0.6) is 0 Å². The van der Waals surface area contributed by atoms with E-state index in [0.29, 0.717) is 45.0 Å². The summed E-state index contributed by atoms with van der Waals surface area (Å²) in [5, 5.41) is 8.16. The van der Waals surface area contributed by atoms with E-state index in [-0.39, 0.29) is 6.54 Å². The molecule has 0 spiro atoms. The summed E-state index contributed by atoms with van der Waals surface area (Å²) in [6.07, 6.45) is 7.86. The molecule has 12 heteroatoms. The Kier molecular flexibility index (Phi) is 5.46. The smallest absolute Gasteiger partial charge is 0.209 e. The standard InChI is InChI=1S/C25H19FN8O2S/c1-37(35,36)30-12-14-8-16(10-18(26)9-14)21-23-20(4-7-28-21)31-25(32-23)22-19-11-17(13-29-24(19)34-33-22)15-2-5-27-6-3-15/h2-11,13,30H,12H2,1H3,(H,31,32)(H,29,33,34). The van der Waals surface area contributed by atoms with Crippen molar-refractivity contribution in [3.8, 4) is 33.9 Å². The molecule has 0 aliphatic carbocycles. The lowest BCUT2D eigenvalue weighted by Crippen LogP contribution is -2.21. The molecular weight excluding hydrogens is 495 g/mol. The number of imidazole rings is 1. The molecule has 0 aliphatic rings. The molecule has 6 rings (SSSR count). The minimum absolute atomic E-state index is 0.0442. The second-order valence-electron chi connectivity index (χ2n) is 8.51. The minimum Gasteiger partial charge on any atom is -0.336 e. The van der Waals surface area contributed by atoms with Crippen molar-refractivity contribution in [1.29, 1.82) is 0 Å². The van der Waals surface area contributed by atoms with Gasteiger partial charge < -0.3 is 4.98 Å². The first-order chi connectivity index (χ1) is 17.8. The van der Waals surface area contributed by atoms with Crippen molar-refractivity contribution >= 4 is 32.1 Å². The van der Waals surface area contributed by atoms with E-state index in [4.69, 9.17) is 4.98 Å². The Morgan fingerprint density at radius 2 is 1.78 bits per heavy atom. The SMILES string of the molecule is CS(=O)(=O)NCc1cc(F)cc(-c2nccc3[nH]c(-c4n[nH]c5ncc(-c6ccncc6)cc45)nc23)c1. The van der Waals surface area contributed by atoms with Crippen molar-refractivity contribution in [3.63, 3.8) is 0 Å². The highest BCUT2D eigenvalue weighted by atomic mass is 32.2. The number of aromatic nitrogens is 7. The van der Waals surface area contributed by atoms with E-state index >= 15 is 0 Å². The number of pyridine rings is 3. The second kappa shape index (κ2) is 8.84. The van der Waals surface area contributed by atoms with Gasteiger partial charge >= 0.3 is 0 Å². The Labute approximate surface area is 210 Å². The molecule has 0 fully saturated rings. The van der Waals surface area contributed by atoms with Crippen molar-refractivity contribution in [2.75, 3.05) is 6.26 Å².